The summed E-state index contributed by atoms with van der Waals surface area (Å²) in [5, 5.41) is 3.21. The van der Waals surface area contributed by atoms with Crippen LogP contribution in [-0.4, -0.2) is 25.2 Å². The molecule has 1 aliphatic heterocycles. The Kier molecular flexibility index (Phi) is 5.21. The number of rotatable bonds is 5. The first-order chi connectivity index (χ1) is 12.4. The normalized spacial score (nSPS) is 16.4. The van der Waals surface area contributed by atoms with E-state index in [2.05, 4.69) is 38.2 Å². The molecule has 0 aliphatic carbocycles. The molecule has 1 heterocycles. The van der Waals surface area contributed by atoms with Crippen LogP contribution >= 0.6 is 0 Å². The summed E-state index contributed by atoms with van der Waals surface area (Å²) >= 11 is 0. The lowest BCUT2D eigenvalue weighted by Crippen LogP contribution is -2.49. The van der Waals surface area contributed by atoms with Crippen LogP contribution in [0.2, 0.25) is 0 Å². The van der Waals surface area contributed by atoms with Gasteiger partial charge in [0, 0.05) is 11.6 Å². The zero-order chi connectivity index (χ0) is 18.7. The Hall–Kier alpha value is -2.49. The van der Waals surface area contributed by atoms with Gasteiger partial charge >= 0.3 is 0 Å². The van der Waals surface area contributed by atoms with Crippen molar-refractivity contribution in [3.63, 3.8) is 0 Å². The minimum absolute atomic E-state index is 0.0463. The Morgan fingerprint density at radius 3 is 2.77 bits per heavy atom. The highest BCUT2D eigenvalue weighted by molar-refractivity contribution is 5.80. The predicted octanol–water partition coefficient (Wildman–Crippen LogP) is 3.69. The van der Waals surface area contributed by atoms with Crippen LogP contribution in [0, 0.1) is 12.8 Å². The topological polar surface area (TPSA) is 47.6 Å². The summed E-state index contributed by atoms with van der Waals surface area (Å²) in [5.74, 6) is 1.45. The lowest BCUT2D eigenvalue weighted by atomic mass is 9.90. The molecule has 0 spiro atoms. The summed E-state index contributed by atoms with van der Waals surface area (Å²) in [6.45, 7) is 6.64. The number of fused-ring (bicyclic) bond motifs is 1. The van der Waals surface area contributed by atoms with E-state index >= 15 is 0 Å². The maximum Gasteiger partial charge on any atom is 0.227 e. The lowest BCUT2D eigenvalue weighted by Gasteiger charge is -2.31. The third-order valence-corrected chi connectivity index (χ3v) is 4.91. The van der Waals surface area contributed by atoms with Gasteiger partial charge in [0.1, 0.15) is 18.1 Å². The molecule has 1 amide bonds. The van der Waals surface area contributed by atoms with Crippen LogP contribution < -0.4 is 14.8 Å². The molecule has 0 radical (unpaired) electrons. The molecule has 26 heavy (non-hydrogen) atoms. The van der Waals surface area contributed by atoms with Crippen molar-refractivity contribution < 1.29 is 14.3 Å². The Balaban J connectivity index is 1.65. The van der Waals surface area contributed by atoms with Crippen LogP contribution in [0.1, 0.15) is 30.5 Å². The molecule has 4 nitrogen and oxygen atoms in total. The summed E-state index contributed by atoms with van der Waals surface area (Å²) < 4.78 is 11.0. The Morgan fingerprint density at radius 1 is 1.27 bits per heavy atom. The van der Waals surface area contributed by atoms with Crippen LogP contribution in [0.25, 0.3) is 0 Å². The molecule has 0 aromatic heterocycles. The number of hydrogen-bond donors (Lipinski definition) is 1. The molecular formula is C22H27NO3. The van der Waals surface area contributed by atoms with Crippen molar-refractivity contribution in [1.29, 1.82) is 0 Å². The van der Waals surface area contributed by atoms with E-state index in [1.54, 1.807) is 7.11 Å². The van der Waals surface area contributed by atoms with Gasteiger partial charge < -0.3 is 14.8 Å². The van der Waals surface area contributed by atoms with Gasteiger partial charge in [0.15, 0.2) is 0 Å². The average Bonchev–Trinajstić information content (AvgIpc) is 2.62. The molecule has 1 N–H and O–H groups in total. The van der Waals surface area contributed by atoms with Crippen LogP contribution in [0.15, 0.2) is 42.5 Å². The summed E-state index contributed by atoms with van der Waals surface area (Å²) in [4.78, 5) is 12.8. The molecule has 1 atom stereocenters. The maximum absolute atomic E-state index is 12.8. The van der Waals surface area contributed by atoms with Crippen molar-refractivity contribution in [2.75, 3.05) is 13.7 Å². The third-order valence-electron chi connectivity index (χ3n) is 4.91. The van der Waals surface area contributed by atoms with Crippen molar-refractivity contribution in [3.8, 4) is 11.5 Å². The van der Waals surface area contributed by atoms with Gasteiger partial charge in [-0.25, -0.2) is 0 Å². The van der Waals surface area contributed by atoms with E-state index in [0.717, 1.165) is 23.5 Å². The van der Waals surface area contributed by atoms with Gasteiger partial charge in [0.05, 0.1) is 13.0 Å². The number of nitrogens with one attached hydrogen (secondary N) is 1. The van der Waals surface area contributed by atoms with Gasteiger partial charge in [-0.2, -0.15) is 0 Å². The highest BCUT2D eigenvalue weighted by atomic mass is 16.5. The Labute approximate surface area is 155 Å². The van der Waals surface area contributed by atoms with Crippen LogP contribution in [0.3, 0.4) is 0 Å². The third kappa shape index (κ3) is 4.18. The van der Waals surface area contributed by atoms with E-state index in [0.29, 0.717) is 13.0 Å². The first-order valence-electron chi connectivity index (χ1n) is 9.04. The van der Waals surface area contributed by atoms with Gasteiger partial charge in [0.2, 0.25) is 5.91 Å². The fourth-order valence-corrected chi connectivity index (χ4v) is 3.41. The number of amides is 1. The molecule has 138 valence electrons. The van der Waals surface area contributed by atoms with E-state index in [9.17, 15) is 4.79 Å². The van der Waals surface area contributed by atoms with Crippen molar-refractivity contribution in [1.82, 2.24) is 5.32 Å². The number of carbonyl (C=O) groups excluding carboxylic acids is 1. The summed E-state index contributed by atoms with van der Waals surface area (Å²) in [5.41, 5.74) is 3.24. The largest absolute Gasteiger partial charge is 0.497 e. The number of aryl methyl sites for hydroxylation is 1. The highest BCUT2D eigenvalue weighted by Crippen LogP contribution is 2.31. The predicted molar refractivity (Wildman–Crippen MR) is 103 cm³/mol. The quantitative estimate of drug-likeness (QED) is 0.892. The SMILES string of the molecule is COc1ccc2c(c1)OCC(C(=O)NC(C)(C)Cc1ccccc1C)C2. The summed E-state index contributed by atoms with van der Waals surface area (Å²) in [6, 6.07) is 14.1. The maximum atomic E-state index is 12.8. The second kappa shape index (κ2) is 7.40. The van der Waals surface area contributed by atoms with Crippen molar-refractivity contribution >= 4 is 5.91 Å². The van der Waals surface area contributed by atoms with Crippen LogP contribution in [0.4, 0.5) is 0 Å². The molecule has 0 fully saturated rings. The summed E-state index contributed by atoms with van der Waals surface area (Å²) in [6.07, 6.45) is 1.48. The fraction of sp³-hybridized carbons (Fsp3) is 0.409. The number of carbonyl (C=O) groups is 1. The second-order valence-corrected chi connectivity index (χ2v) is 7.66. The van der Waals surface area contributed by atoms with Crippen molar-refractivity contribution in [3.05, 3.63) is 59.2 Å². The molecule has 1 unspecified atom stereocenters. The van der Waals surface area contributed by atoms with Gasteiger partial charge in [-0.3, -0.25) is 4.79 Å². The lowest BCUT2D eigenvalue weighted by molar-refractivity contribution is -0.127. The Morgan fingerprint density at radius 2 is 2.04 bits per heavy atom. The number of methoxy groups -OCH3 is 1. The minimum Gasteiger partial charge on any atom is -0.497 e. The zero-order valence-electron chi connectivity index (χ0n) is 16.0. The monoisotopic (exact) mass is 353 g/mol. The van der Waals surface area contributed by atoms with Crippen LogP contribution in [-0.2, 0) is 17.6 Å². The van der Waals surface area contributed by atoms with Gasteiger partial charge in [-0.15, -0.1) is 0 Å². The van der Waals surface area contributed by atoms with Gasteiger partial charge in [-0.1, -0.05) is 30.3 Å². The molecule has 4 heteroatoms. The number of benzene rings is 2. The van der Waals surface area contributed by atoms with E-state index in [1.807, 2.05) is 30.3 Å². The molecule has 0 saturated heterocycles. The van der Waals surface area contributed by atoms with E-state index in [4.69, 9.17) is 9.47 Å². The standard InChI is InChI=1S/C22H27NO3/c1-15-7-5-6-8-17(15)13-22(2,3)23-21(24)18-11-16-9-10-19(25-4)12-20(16)26-14-18/h5-10,12,18H,11,13-14H2,1-4H3,(H,23,24). The Bertz CT molecular complexity index is 798. The molecule has 3 rings (SSSR count). The molecule has 0 bridgehead atoms. The molecule has 1 aliphatic rings. The van der Waals surface area contributed by atoms with E-state index in [-0.39, 0.29) is 17.4 Å². The van der Waals surface area contributed by atoms with Crippen molar-refractivity contribution in [2.24, 2.45) is 5.92 Å². The fourth-order valence-electron chi connectivity index (χ4n) is 3.41. The number of ether oxygens (including phenoxy) is 2. The molecule has 0 saturated carbocycles. The van der Waals surface area contributed by atoms with Gasteiger partial charge in [-0.05, 0) is 56.4 Å². The zero-order valence-corrected chi connectivity index (χ0v) is 16.0. The highest BCUT2D eigenvalue weighted by Gasteiger charge is 2.30. The minimum atomic E-state index is -0.316. The molecular weight excluding hydrogens is 326 g/mol. The second-order valence-electron chi connectivity index (χ2n) is 7.66. The van der Waals surface area contributed by atoms with Crippen LogP contribution in [0.5, 0.6) is 11.5 Å². The number of hydrogen-bond acceptors (Lipinski definition) is 3. The van der Waals surface area contributed by atoms with Crippen molar-refractivity contribution in [2.45, 2.75) is 39.2 Å². The molecule has 2 aromatic carbocycles. The first-order valence-corrected chi connectivity index (χ1v) is 9.04. The smallest absolute Gasteiger partial charge is 0.227 e. The van der Waals surface area contributed by atoms with E-state index in [1.165, 1.54) is 11.1 Å². The molecule has 2 aromatic rings. The first kappa shape index (κ1) is 18.3. The average molecular weight is 353 g/mol. The van der Waals surface area contributed by atoms with Gasteiger partial charge in [0.25, 0.3) is 0 Å². The summed E-state index contributed by atoms with van der Waals surface area (Å²) in [7, 11) is 1.64. The van der Waals surface area contributed by atoms with E-state index < -0.39 is 0 Å².